The summed E-state index contributed by atoms with van der Waals surface area (Å²) in [4.78, 5) is 20.1. The second kappa shape index (κ2) is 7.73. The van der Waals surface area contributed by atoms with E-state index in [1.165, 1.54) is 12.8 Å². The summed E-state index contributed by atoms with van der Waals surface area (Å²) in [6.07, 6.45) is 0.00767. The number of hydrogen-bond acceptors (Lipinski definition) is 4. The van der Waals surface area contributed by atoms with Crippen molar-refractivity contribution in [3.05, 3.63) is 42.1 Å². The molecule has 2 saturated carbocycles. The van der Waals surface area contributed by atoms with E-state index in [-0.39, 0.29) is 28.6 Å². The quantitative estimate of drug-likeness (QED) is 0.583. The molecule has 3 atom stereocenters. The molecule has 2 aliphatic rings. The molecule has 28 heavy (non-hydrogen) atoms. The molecule has 1 N–H and O–H groups in total. The summed E-state index contributed by atoms with van der Waals surface area (Å²) >= 11 is 0.937. The van der Waals surface area contributed by atoms with E-state index >= 15 is 0 Å². The lowest BCUT2D eigenvalue weighted by Gasteiger charge is -2.22. The molecule has 1 aromatic heterocycles. The van der Waals surface area contributed by atoms with E-state index in [1.807, 2.05) is 0 Å². The van der Waals surface area contributed by atoms with Crippen LogP contribution < -0.4 is 5.32 Å². The number of hydrogen-bond donors (Lipinski definition) is 1. The number of thioether (sulfide) groups is 1. The molecule has 2 aliphatic carbocycles. The van der Waals surface area contributed by atoms with Gasteiger partial charge in [-0.05, 0) is 37.2 Å². The van der Waals surface area contributed by atoms with Crippen LogP contribution >= 0.6 is 11.8 Å². The van der Waals surface area contributed by atoms with Crippen LogP contribution in [0.5, 0.6) is 0 Å². The van der Waals surface area contributed by atoms with E-state index in [4.69, 9.17) is 0 Å². The van der Waals surface area contributed by atoms with Crippen molar-refractivity contribution in [3.63, 3.8) is 0 Å². The highest BCUT2D eigenvalue weighted by molar-refractivity contribution is 7.99. The number of halogens is 3. The van der Waals surface area contributed by atoms with Crippen molar-refractivity contribution in [3.8, 4) is 11.3 Å². The van der Waals surface area contributed by atoms with Crippen LogP contribution in [0.4, 0.5) is 13.2 Å². The molecular weight excluding hydrogens is 387 g/mol. The maximum Gasteiger partial charge on any atom is 0.433 e. The number of fused-ring (bicyclic) bond motifs is 2. The standard InChI is InChI=1S/C20H20F3N3OS/c21-20(22,23)17-10-16(13-4-2-1-3-5-13)25-19(26-17)28-11-18(27)24-15-9-12-6-7-14(15)8-12/h1-5,10,12,14-15H,6-9,11H2,(H,24,27)/t12-,14+,15+/m0/s1. The summed E-state index contributed by atoms with van der Waals surface area (Å²) in [6.45, 7) is 0. The Morgan fingerprint density at radius 1 is 1.14 bits per heavy atom. The molecular formula is C20H20F3N3OS. The Morgan fingerprint density at radius 3 is 2.57 bits per heavy atom. The highest BCUT2D eigenvalue weighted by Crippen LogP contribution is 2.44. The average Bonchev–Trinajstić information content (AvgIpc) is 3.29. The second-order valence-corrected chi connectivity index (χ2v) is 8.36. The number of carbonyl (C=O) groups is 1. The van der Waals surface area contributed by atoms with Gasteiger partial charge in [0, 0.05) is 11.6 Å². The van der Waals surface area contributed by atoms with Gasteiger partial charge < -0.3 is 5.32 Å². The van der Waals surface area contributed by atoms with Crippen molar-refractivity contribution in [1.29, 1.82) is 0 Å². The molecule has 1 amide bonds. The average molecular weight is 407 g/mol. The lowest BCUT2D eigenvalue weighted by atomic mass is 9.95. The summed E-state index contributed by atoms with van der Waals surface area (Å²) in [5, 5.41) is 2.99. The van der Waals surface area contributed by atoms with Crippen LogP contribution in [0.1, 0.15) is 31.4 Å². The molecule has 2 aromatic rings. The fourth-order valence-corrected chi connectivity index (χ4v) is 4.86. The first kappa shape index (κ1) is 19.2. The highest BCUT2D eigenvalue weighted by atomic mass is 32.2. The van der Waals surface area contributed by atoms with Crippen LogP contribution in [0.25, 0.3) is 11.3 Å². The Hall–Kier alpha value is -2.09. The molecule has 4 nitrogen and oxygen atoms in total. The maximum absolute atomic E-state index is 13.2. The Labute approximate surface area is 165 Å². The van der Waals surface area contributed by atoms with Gasteiger partial charge in [0.25, 0.3) is 0 Å². The van der Waals surface area contributed by atoms with E-state index in [1.54, 1.807) is 30.3 Å². The first-order valence-electron chi connectivity index (χ1n) is 9.32. The van der Waals surface area contributed by atoms with Crippen LogP contribution in [0, 0.1) is 11.8 Å². The molecule has 0 radical (unpaired) electrons. The smallest absolute Gasteiger partial charge is 0.352 e. The summed E-state index contributed by atoms with van der Waals surface area (Å²) in [5.41, 5.74) is -0.236. The first-order valence-corrected chi connectivity index (χ1v) is 10.3. The molecule has 0 spiro atoms. The Balaban J connectivity index is 1.46. The minimum atomic E-state index is -4.58. The van der Waals surface area contributed by atoms with Crippen LogP contribution in [0.2, 0.25) is 0 Å². The van der Waals surface area contributed by atoms with Gasteiger partial charge in [-0.15, -0.1) is 0 Å². The molecule has 0 aliphatic heterocycles. The monoisotopic (exact) mass is 407 g/mol. The summed E-state index contributed by atoms with van der Waals surface area (Å²) < 4.78 is 39.7. The molecule has 0 unspecified atom stereocenters. The van der Waals surface area contributed by atoms with Crippen LogP contribution in [0.3, 0.4) is 0 Å². The van der Waals surface area contributed by atoms with Crippen LogP contribution in [-0.4, -0.2) is 27.7 Å². The number of nitrogens with zero attached hydrogens (tertiary/aromatic N) is 2. The summed E-state index contributed by atoms with van der Waals surface area (Å²) in [6, 6.07) is 9.78. The molecule has 148 valence electrons. The zero-order valence-electron chi connectivity index (χ0n) is 15.1. The third kappa shape index (κ3) is 4.32. The molecule has 4 rings (SSSR count). The number of rotatable bonds is 5. The molecule has 8 heteroatoms. The molecule has 2 fully saturated rings. The molecule has 1 heterocycles. The second-order valence-electron chi connectivity index (χ2n) is 7.42. The number of aromatic nitrogens is 2. The minimum absolute atomic E-state index is 0.00340. The van der Waals surface area contributed by atoms with Gasteiger partial charge in [0.2, 0.25) is 5.91 Å². The van der Waals surface area contributed by atoms with E-state index < -0.39 is 11.9 Å². The molecule has 1 aromatic carbocycles. The first-order chi connectivity index (χ1) is 13.4. The van der Waals surface area contributed by atoms with Gasteiger partial charge in [0.15, 0.2) is 5.16 Å². The van der Waals surface area contributed by atoms with Crippen molar-refractivity contribution in [2.75, 3.05) is 5.75 Å². The Kier molecular flexibility index (Phi) is 5.31. The Morgan fingerprint density at radius 2 is 1.93 bits per heavy atom. The summed E-state index contributed by atoms with van der Waals surface area (Å²) in [5.74, 6) is 1.09. The zero-order chi connectivity index (χ0) is 19.7. The van der Waals surface area contributed by atoms with Gasteiger partial charge in [-0.25, -0.2) is 9.97 Å². The number of carbonyl (C=O) groups excluding carboxylic acids is 1. The highest BCUT2D eigenvalue weighted by Gasteiger charge is 2.40. The van der Waals surface area contributed by atoms with Gasteiger partial charge in [0.1, 0.15) is 5.69 Å². The largest absolute Gasteiger partial charge is 0.433 e. The van der Waals surface area contributed by atoms with E-state index in [2.05, 4.69) is 15.3 Å². The number of benzene rings is 1. The molecule has 0 saturated heterocycles. The number of amides is 1. The lowest BCUT2D eigenvalue weighted by Crippen LogP contribution is -2.39. The van der Waals surface area contributed by atoms with Crippen molar-refractivity contribution in [1.82, 2.24) is 15.3 Å². The number of alkyl halides is 3. The normalized spacial score (nSPS) is 23.8. The molecule has 2 bridgehead atoms. The van der Waals surface area contributed by atoms with E-state index in [0.29, 0.717) is 17.4 Å². The van der Waals surface area contributed by atoms with Crippen LogP contribution in [0.15, 0.2) is 41.6 Å². The maximum atomic E-state index is 13.2. The van der Waals surface area contributed by atoms with E-state index in [0.717, 1.165) is 30.7 Å². The lowest BCUT2D eigenvalue weighted by molar-refractivity contribution is -0.141. The fraction of sp³-hybridized carbons (Fsp3) is 0.450. The van der Waals surface area contributed by atoms with Crippen LogP contribution in [-0.2, 0) is 11.0 Å². The SMILES string of the molecule is O=C(CSc1nc(-c2ccccc2)cc(C(F)(F)F)n1)N[C@@H]1C[C@H]2CC[C@@H]1C2. The third-order valence-electron chi connectivity index (χ3n) is 5.48. The van der Waals surface area contributed by atoms with Gasteiger partial charge in [-0.2, -0.15) is 13.2 Å². The van der Waals surface area contributed by atoms with Gasteiger partial charge in [0.05, 0.1) is 11.4 Å². The topological polar surface area (TPSA) is 54.9 Å². The minimum Gasteiger partial charge on any atom is -0.352 e. The number of nitrogens with one attached hydrogen (secondary N) is 1. The third-order valence-corrected chi connectivity index (χ3v) is 6.33. The van der Waals surface area contributed by atoms with Crippen molar-refractivity contribution in [2.24, 2.45) is 11.8 Å². The zero-order valence-corrected chi connectivity index (χ0v) is 15.9. The van der Waals surface area contributed by atoms with Gasteiger partial charge >= 0.3 is 6.18 Å². The van der Waals surface area contributed by atoms with Crippen molar-refractivity contribution < 1.29 is 18.0 Å². The van der Waals surface area contributed by atoms with E-state index in [9.17, 15) is 18.0 Å². The van der Waals surface area contributed by atoms with Gasteiger partial charge in [-0.1, -0.05) is 48.5 Å². The fourth-order valence-electron chi connectivity index (χ4n) is 4.19. The Bertz CT molecular complexity index is 860. The van der Waals surface area contributed by atoms with Crippen molar-refractivity contribution >= 4 is 17.7 Å². The predicted molar refractivity (Wildman–Crippen MR) is 101 cm³/mol. The predicted octanol–water partition coefficient (Wildman–Crippen LogP) is 4.56. The van der Waals surface area contributed by atoms with Gasteiger partial charge in [-0.3, -0.25) is 4.79 Å². The van der Waals surface area contributed by atoms with Crippen molar-refractivity contribution in [2.45, 2.75) is 43.1 Å². The summed E-state index contributed by atoms with van der Waals surface area (Å²) in [7, 11) is 0.